The average molecular weight is 297 g/mol. The van der Waals surface area contributed by atoms with E-state index in [1.807, 2.05) is 13.8 Å². The lowest BCUT2D eigenvalue weighted by Crippen LogP contribution is -2.13. The Labute approximate surface area is 121 Å². The van der Waals surface area contributed by atoms with E-state index in [4.69, 9.17) is 5.73 Å². The number of halogens is 3. The zero-order chi connectivity index (χ0) is 15.6. The van der Waals surface area contributed by atoms with Crippen LogP contribution in [0.2, 0.25) is 0 Å². The highest BCUT2D eigenvalue weighted by Gasteiger charge is 2.34. The lowest BCUT2D eigenvalue weighted by Gasteiger charge is -2.14. The molecule has 0 saturated heterocycles. The fourth-order valence-corrected chi connectivity index (χ4v) is 2.11. The first kappa shape index (κ1) is 15.6. The van der Waals surface area contributed by atoms with Crippen LogP contribution in [0.15, 0.2) is 30.5 Å². The molecule has 21 heavy (non-hydrogen) atoms. The second kappa shape index (κ2) is 5.89. The normalized spacial score (nSPS) is 12.1. The lowest BCUT2D eigenvalue weighted by atomic mass is 10.1. The van der Waals surface area contributed by atoms with Crippen molar-refractivity contribution < 1.29 is 13.2 Å². The van der Waals surface area contributed by atoms with Gasteiger partial charge in [0.1, 0.15) is 0 Å². The highest BCUT2D eigenvalue weighted by molar-refractivity contribution is 5.45. The third-order valence-corrected chi connectivity index (χ3v) is 3.25. The van der Waals surface area contributed by atoms with Crippen LogP contribution in [-0.4, -0.2) is 16.3 Å². The molecule has 0 aliphatic heterocycles. The van der Waals surface area contributed by atoms with Crippen LogP contribution in [-0.2, 0) is 12.6 Å². The molecule has 0 bridgehead atoms. The van der Waals surface area contributed by atoms with Crippen molar-refractivity contribution in [3.8, 4) is 5.69 Å². The Balaban J connectivity index is 2.51. The number of benzene rings is 1. The van der Waals surface area contributed by atoms with E-state index in [0.717, 1.165) is 11.8 Å². The summed E-state index contributed by atoms with van der Waals surface area (Å²) >= 11 is 0. The van der Waals surface area contributed by atoms with E-state index >= 15 is 0 Å². The first-order valence-corrected chi connectivity index (χ1v) is 6.79. The van der Waals surface area contributed by atoms with Crippen molar-refractivity contribution in [3.05, 3.63) is 47.3 Å². The number of aromatic nitrogens is 2. The van der Waals surface area contributed by atoms with Gasteiger partial charge in [-0.3, -0.25) is 0 Å². The van der Waals surface area contributed by atoms with E-state index in [-0.39, 0.29) is 11.6 Å². The molecule has 0 aliphatic rings. The Hall–Kier alpha value is -1.82. The summed E-state index contributed by atoms with van der Waals surface area (Å²) in [5, 5.41) is 4.22. The Morgan fingerprint density at radius 3 is 2.48 bits per heavy atom. The molecule has 0 spiro atoms. The molecule has 0 saturated carbocycles. The molecule has 1 heterocycles. The van der Waals surface area contributed by atoms with Crippen molar-refractivity contribution in [1.29, 1.82) is 0 Å². The van der Waals surface area contributed by atoms with E-state index in [2.05, 4.69) is 5.10 Å². The zero-order valence-corrected chi connectivity index (χ0v) is 12.0. The maximum atomic E-state index is 13.2. The molecule has 0 unspecified atom stereocenters. The summed E-state index contributed by atoms with van der Waals surface area (Å²) in [5.74, 6) is 0.164. The molecule has 3 nitrogen and oxygen atoms in total. The van der Waals surface area contributed by atoms with Crippen LogP contribution < -0.4 is 5.73 Å². The minimum absolute atomic E-state index is 0.0372. The molecule has 114 valence electrons. The summed E-state index contributed by atoms with van der Waals surface area (Å²) in [5.41, 5.74) is 6.09. The highest BCUT2D eigenvalue weighted by Crippen LogP contribution is 2.34. The van der Waals surface area contributed by atoms with Gasteiger partial charge in [-0.15, -0.1) is 0 Å². The molecule has 2 rings (SSSR count). The molecule has 0 aliphatic carbocycles. The van der Waals surface area contributed by atoms with Crippen molar-refractivity contribution >= 4 is 0 Å². The molecular weight excluding hydrogens is 279 g/mol. The monoisotopic (exact) mass is 297 g/mol. The SMILES string of the molecule is CC(C)c1ccn(-c2ccc(CCN)cc2C(F)(F)F)n1. The van der Waals surface area contributed by atoms with Gasteiger partial charge in [-0.05, 0) is 42.6 Å². The van der Waals surface area contributed by atoms with Gasteiger partial charge < -0.3 is 5.73 Å². The minimum atomic E-state index is -4.43. The van der Waals surface area contributed by atoms with Gasteiger partial charge in [0.25, 0.3) is 0 Å². The van der Waals surface area contributed by atoms with E-state index in [1.54, 1.807) is 18.3 Å². The Bertz CT molecular complexity index is 615. The predicted octanol–water partition coefficient (Wildman–Crippen LogP) is 3.52. The molecular formula is C15H18F3N3. The topological polar surface area (TPSA) is 43.8 Å². The smallest absolute Gasteiger partial charge is 0.330 e. The second-order valence-corrected chi connectivity index (χ2v) is 5.23. The highest BCUT2D eigenvalue weighted by atomic mass is 19.4. The molecule has 1 aromatic heterocycles. The molecule has 0 fully saturated rings. The predicted molar refractivity (Wildman–Crippen MR) is 75.4 cm³/mol. The van der Waals surface area contributed by atoms with Crippen LogP contribution in [0.25, 0.3) is 5.69 Å². The zero-order valence-electron chi connectivity index (χ0n) is 12.0. The van der Waals surface area contributed by atoms with Gasteiger partial charge in [0, 0.05) is 6.20 Å². The van der Waals surface area contributed by atoms with Gasteiger partial charge in [-0.2, -0.15) is 18.3 Å². The number of nitrogens with zero attached hydrogens (tertiary/aromatic N) is 2. The number of hydrogen-bond acceptors (Lipinski definition) is 2. The molecule has 0 radical (unpaired) electrons. The quantitative estimate of drug-likeness (QED) is 0.938. The summed E-state index contributed by atoms with van der Waals surface area (Å²) in [6.45, 7) is 4.21. The molecule has 6 heteroatoms. The Kier molecular flexibility index (Phi) is 4.37. The van der Waals surface area contributed by atoms with Gasteiger partial charge in [-0.25, -0.2) is 4.68 Å². The summed E-state index contributed by atoms with van der Waals surface area (Å²) < 4.78 is 41.0. The average Bonchev–Trinajstić information content (AvgIpc) is 2.87. The van der Waals surface area contributed by atoms with Gasteiger partial charge in [-0.1, -0.05) is 19.9 Å². The van der Waals surface area contributed by atoms with E-state index < -0.39 is 11.7 Å². The van der Waals surface area contributed by atoms with Crippen LogP contribution in [0.5, 0.6) is 0 Å². The number of alkyl halides is 3. The van der Waals surface area contributed by atoms with Crippen LogP contribution in [0.3, 0.4) is 0 Å². The van der Waals surface area contributed by atoms with E-state index in [0.29, 0.717) is 18.5 Å². The van der Waals surface area contributed by atoms with Crippen LogP contribution in [0.1, 0.15) is 36.6 Å². The van der Waals surface area contributed by atoms with Gasteiger partial charge in [0.15, 0.2) is 0 Å². The van der Waals surface area contributed by atoms with E-state index in [9.17, 15) is 13.2 Å². The summed E-state index contributed by atoms with van der Waals surface area (Å²) in [6, 6.07) is 6.00. The van der Waals surface area contributed by atoms with Crippen LogP contribution >= 0.6 is 0 Å². The first-order valence-electron chi connectivity index (χ1n) is 6.79. The van der Waals surface area contributed by atoms with Crippen molar-refractivity contribution in [2.45, 2.75) is 32.4 Å². The Morgan fingerprint density at radius 2 is 1.95 bits per heavy atom. The van der Waals surface area contributed by atoms with E-state index in [1.165, 1.54) is 10.7 Å². The number of rotatable bonds is 4. The Morgan fingerprint density at radius 1 is 1.24 bits per heavy atom. The number of nitrogens with two attached hydrogens (primary N) is 1. The fourth-order valence-electron chi connectivity index (χ4n) is 2.11. The molecule has 0 amide bonds. The van der Waals surface area contributed by atoms with Crippen molar-refractivity contribution in [2.75, 3.05) is 6.54 Å². The molecule has 2 N–H and O–H groups in total. The first-order chi connectivity index (χ1) is 9.82. The molecule has 1 aromatic carbocycles. The second-order valence-electron chi connectivity index (χ2n) is 5.23. The molecule has 2 aromatic rings. The van der Waals surface area contributed by atoms with Crippen LogP contribution in [0, 0.1) is 0 Å². The fraction of sp³-hybridized carbons (Fsp3) is 0.400. The van der Waals surface area contributed by atoms with Crippen molar-refractivity contribution in [2.24, 2.45) is 5.73 Å². The summed E-state index contributed by atoms with van der Waals surface area (Å²) in [6.07, 6.45) is -2.45. The lowest BCUT2D eigenvalue weighted by molar-refractivity contribution is -0.137. The molecule has 0 atom stereocenters. The van der Waals surface area contributed by atoms with Gasteiger partial charge in [0.2, 0.25) is 0 Å². The third kappa shape index (κ3) is 3.44. The van der Waals surface area contributed by atoms with Gasteiger partial charge >= 0.3 is 6.18 Å². The van der Waals surface area contributed by atoms with Crippen LogP contribution in [0.4, 0.5) is 13.2 Å². The maximum Gasteiger partial charge on any atom is 0.418 e. The number of hydrogen-bond donors (Lipinski definition) is 1. The maximum absolute atomic E-state index is 13.2. The third-order valence-electron chi connectivity index (χ3n) is 3.25. The minimum Gasteiger partial charge on any atom is -0.330 e. The van der Waals surface area contributed by atoms with Crippen molar-refractivity contribution in [3.63, 3.8) is 0 Å². The summed E-state index contributed by atoms with van der Waals surface area (Å²) in [4.78, 5) is 0. The standard InChI is InChI=1S/C15H18F3N3/c1-10(2)13-6-8-21(20-13)14-4-3-11(5-7-19)9-12(14)15(16,17)18/h3-4,6,8-10H,5,7,19H2,1-2H3. The van der Waals surface area contributed by atoms with Crippen molar-refractivity contribution in [1.82, 2.24) is 9.78 Å². The summed E-state index contributed by atoms with van der Waals surface area (Å²) in [7, 11) is 0. The largest absolute Gasteiger partial charge is 0.418 e. The van der Waals surface area contributed by atoms with Gasteiger partial charge in [0.05, 0.1) is 16.9 Å².